The van der Waals surface area contributed by atoms with Crippen LogP contribution in [0.15, 0.2) is 47.4 Å². The first-order chi connectivity index (χ1) is 12.0. The van der Waals surface area contributed by atoms with Crippen LogP contribution >= 0.6 is 0 Å². The minimum absolute atomic E-state index is 0.192. The van der Waals surface area contributed by atoms with Crippen molar-refractivity contribution in [2.45, 2.75) is 4.90 Å². The van der Waals surface area contributed by atoms with Crippen LogP contribution in [0.4, 0.5) is 0 Å². The highest BCUT2D eigenvalue weighted by Gasteiger charge is 2.15. The van der Waals surface area contributed by atoms with Crippen molar-refractivity contribution >= 4 is 22.7 Å². The number of ketones is 1. The third-order valence-corrected chi connectivity index (χ3v) is 4.52. The average molecular weight is 360 g/mol. The Morgan fingerprint density at radius 3 is 1.96 bits per heavy atom. The van der Waals surface area contributed by atoms with E-state index in [9.17, 15) is 9.00 Å². The van der Waals surface area contributed by atoms with Gasteiger partial charge in [-0.2, -0.15) is 0 Å². The molecule has 0 aliphatic heterocycles. The van der Waals surface area contributed by atoms with Gasteiger partial charge in [0.1, 0.15) is 0 Å². The Hall–Kier alpha value is -2.60. The van der Waals surface area contributed by atoms with E-state index in [0.29, 0.717) is 22.8 Å². The molecule has 0 spiro atoms. The van der Waals surface area contributed by atoms with Gasteiger partial charge in [0.2, 0.25) is 5.75 Å². The lowest BCUT2D eigenvalue weighted by Crippen LogP contribution is -2.00. The molecule has 6 heteroatoms. The molecular formula is C19H20O5S. The molecule has 0 N–H and O–H groups in total. The Kier molecular flexibility index (Phi) is 6.36. The van der Waals surface area contributed by atoms with Crippen molar-refractivity contribution in [2.24, 2.45) is 0 Å². The minimum atomic E-state index is -1.02. The van der Waals surface area contributed by atoms with E-state index in [1.54, 1.807) is 36.6 Å². The maximum absolute atomic E-state index is 12.4. The van der Waals surface area contributed by atoms with Gasteiger partial charge in [0.25, 0.3) is 0 Å². The zero-order valence-corrected chi connectivity index (χ0v) is 15.4. The number of benzene rings is 2. The molecule has 2 aromatic rings. The zero-order valence-electron chi connectivity index (χ0n) is 14.6. The Bertz CT molecular complexity index is 784. The predicted octanol–water partition coefficient (Wildman–Crippen LogP) is 3.35. The van der Waals surface area contributed by atoms with Crippen molar-refractivity contribution < 1.29 is 23.2 Å². The van der Waals surface area contributed by atoms with Gasteiger partial charge in [-0.15, -0.1) is 0 Å². The Morgan fingerprint density at radius 1 is 0.960 bits per heavy atom. The molecule has 1 atom stereocenters. The second-order valence-corrected chi connectivity index (χ2v) is 6.51. The molecule has 0 aromatic heterocycles. The molecule has 0 aliphatic carbocycles. The molecule has 2 rings (SSSR count). The summed E-state index contributed by atoms with van der Waals surface area (Å²) < 4.78 is 27.1. The SMILES string of the molecule is COc1cc(C(=O)/C=C/c2ccc(S(C)=O)cc2)cc(OC)c1OC. The average Bonchev–Trinajstić information content (AvgIpc) is 2.64. The van der Waals surface area contributed by atoms with Crippen LogP contribution in [-0.2, 0) is 10.8 Å². The molecule has 2 aromatic carbocycles. The number of hydrogen-bond acceptors (Lipinski definition) is 5. The summed E-state index contributed by atoms with van der Waals surface area (Å²) in [7, 11) is 3.49. The first kappa shape index (κ1) is 18.7. The summed E-state index contributed by atoms with van der Waals surface area (Å²) in [5, 5.41) is 0. The minimum Gasteiger partial charge on any atom is -0.493 e. The van der Waals surface area contributed by atoms with Gasteiger partial charge in [-0.1, -0.05) is 18.2 Å². The van der Waals surface area contributed by atoms with Crippen molar-refractivity contribution in [2.75, 3.05) is 27.6 Å². The van der Waals surface area contributed by atoms with E-state index in [1.165, 1.54) is 27.4 Å². The molecule has 0 amide bonds. The largest absolute Gasteiger partial charge is 0.493 e. The van der Waals surface area contributed by atoms with Crippen molar-refractivity contribution in [1.29, 1.82) is 0 Å². The van der Waals surface area contributed by atoms with Crippen LogP contribution in [0, 0.1) is 0 Å². The summed E-state index contributed by atoms with van der Waals surface area (Å²) in [6.07, 6.45) is 4.80. The number of carbonyl (C=O) groups is 1. The first-order valence-electron chi connectivity index (χ1n) is 7.46. The van der Waals surface area contributed by atoms with Gasteiger partial charge in [0.05, 0.1) is 21.3 Å². The molecule has 0 aliphatic rings. The number of hydrogen-bond donors (Lipinski definition) is 0. The predicted molar refractivity (Wildman–Crippen MR) is 98.2 cm³/mol. The number of methoxy groups -OCH3 is 3. The molecule has 0 fully saturated rings. The van der Waals surface area contributed by atoms with Crippen LogP contribution in [0.3, 0.4) is 0 Å². The van der Waals surface area contributed by atoms with E-state index in [1.807, 2.05) is 12.1 Å². The van der Waals surface area contributed by atoms with Crippen LogP contribution in [0.25, 0.3) is 6.08 Å². The Labute approximate surface area is 149 Å². The normalized spacial score (nSPS) is 12.0. The van der Waals surface area contributed by atoms with Crippen LogP contribution in [-0.4, -0.2) is 37.6 Å². The molecule has 0 saturated carbocycles. The van der Waals surface area contributed by atoms with E-state index < -0.39 is 10.8 Å². The van der Waals surface area contributed by atoms with Crippen molar-refractivity contribution in [3.8, 4) is 17.2 Å². The Morgan fingerprint density at radius 2 is 1.52 bits per heavy atom. The van der Waals surface area contributed by atoms with Crippen LogP contribution in [0.2, 0.25) is 0 Å². The molecule has 132 valence electrons. The molecule has 0 saturated heterocycles. The monoisotopic (exact) mass is 360 g/mol. The number of allylic oxidation sites excluding steroid dienone is 1. The summed E-state index contributed by atoms with van der Waals surface area (Å²) >= 11 is 0. The molecular weight excluding hydrogens is 340 g/mol. The quantitative estimate of drug-likeness (QED) is 0.560. The molecule has 1 unspecified atom stereocenters. The Balaban J connectivity index is 2.26. The van der Waals surface area contributed by atoms with E-state index >= 15 is 0 Å². The molecule has 0 heterocycles. The lowest BCUT2D eigenvalue weighted by molar-refractivity contribution is 0.104. The highest BCUT2D eigenvalue weighted by molar-refractivity contribution is 7.84. The third kappa shape index (κ3) is 4.48. The lowest BCUT2D eigenvalue weighted by atomic mass is 10.1. The fraction of sp³-hybridized carbons (Fsp3) is 0.211. The molecule has 0 bridgehead atoms. The van der Waals surface area contributed by atoms with Crippen LogP contribution in [0.1, 0.15) is 15.9 Å². The van der Waals surface area contributed by atoms with Crippen molar-refractivity contribution in [1.82, 2.24) is 0 Å². The second-order valence-electron chi connectivity index (χ2n) is 5.13. The standard InChI is InChI=1S/C19H20O5S/c1-22-17-11-14(12-18(23-2)19(17)24-3)16(20)10-7-13-5-8-15(9-6-13)25(4)21/h5-12H,1-4H3/b10-7+. The van der Waals surface area contributed by atoms with Gasteiger partial charge >= 0.3 is 0 Å². The van der Waals surface area contributed by atoms with Gasteiger partial charge in [-0.25, -0.2) is 0 Å². The van der Waals surface area contributed by atoms with Crippen LogP contribution in [0.5, 0.6) is 17.2 Å². The zero-order chi connectivity index (χ0) is 18.4. The second kappa shape index (κ2) is 8.48. The summed E-state index contributed by atoms with van der Waals surface area (Å²) in [4.78, 5) is 13.2. The first-order valence-corrected chi connectivity index (χ1v) is 9.02. The summed E-state index contributed by atoms with van der Waals surface area (Å²) in [6, 6.07) is 10.4. The molecule has 5 nitrogen and oxygen atoms in total. The maximum Gasteiger partial charge on any atom is 0.203 e. The number of carbonyl (C=O) groups excluding carboxylic acids is 1. The van der Waals surface area contributed by atoms with Gasteiger partial charge in [0, 0.05) is 27.5 Å². The van der Waals surface area contributed by atoms with Crippen LogP contribution < -0.4 is 14.2 Å². The van der Waals surface area contributed by atoms with E-state index in [4.69, 9.17) is 14.2 Å². The number of rotatable bonds is 7. The molecule has 25 heavy (non-hydrogen) atoms. The summed E-state index contributed by atoms with van der Waals surface area (Å²) in [5.41, 5.74) is 1.27. The van der Waals surface area contributed by atoms with E-state index in [2.05, 4.69) is 0 Å². The summed E-state index contributed by atoms with van der Waals surface area (Å²) in [6.45, 7) is 0. The number of ether oxygens (including phenoxy) is 3. The van der Waals surface area contributed by atoms with E-state index in [0.717, 1.165) is 10.5 Å². The lowest BCUT2D eigenvalue weighted by Gasteiger charge is -2.13. The van der Waals surface area contributed by atoms with E-state index in [-0.39, 0.29) is 5.78 Å². The fourth-order valence-corrected chi connectivity index (χ4v) is 2.78. The summed E-state index contributed by atoms with van der Waals surface area (Å²) in [5.74, 6) is 1.10. The van der Waals surface area contributed by atoms with Gasteiger partial charge in [0.15, 0.2) is 17.3 Å². The fourth-order valence-electron chi connectivity index (χ4n) is 2.26. The van der Waals surface area contributed by atoms with Gasteiger partial charge in [-0.05, 0) is 35.9 Å². The van der Waals surface area contributed by atoms with Crippen molar-refractivity contribution in [3.05, 3.63) is 53.6 Å². The maximum atomic E-state index is 12.4. The highest BCUT2D eigenvalue weighted by Crippen LogP contribution is 2.38. The van der Waals surface area contributed by atoms with Crippen molar-refractivity contribution in [3.63, 3.8) is 0 Å². The third-order valence-electron chi connectivity index (χ3n) is 3.59. The van der Waals surface area contributed by atoms with Gasteiger partial charge in [-0.3, -0.25) is 9.00 Å². The topological polar surface area (TPSA) is 61.8 Å². The smallest absolute Gasteiger partial charge is 0.203 e. The molecule has 0 radical (unpaired) electrons. The van der Waals surface area contributed by atoms with Gasteiger partial charge < -0.3 is 14.2 Å². The highest BCUT2D eigenvalue weighted by atomic mass is 32.2.